The maximum absolute atomic E-state index is 12.8. The van der Waals surface area contributed by atoms with Gasteiger partial charge >= 0.3 is 0 Å². The molecule has 5 heteroatoms. The van der Waals surface area contributed by atoms with E-state index in [1.54, 1.807) is 12.1 Å². The number of rotatable bonds is 1. The Morgan fingerprint density at radius 3 is 2.60 bits per heavy atom. The summed E-state index contributed by atoms with van der Waals surface area (Å²) in [6, 6.07) is 6.62. The molecule has 0 saturated carbocycles. The van der Waals surface area contributed by atoms with Crippen LogP contribution >= 0.6 is 12.1 Å². The van der Waals surface area contributed by atoms with E-state index in [1.165, 1.54) is 12.1 Å². The molecule has 1 heterocycles. The molecule has 1 aliphatic heterocycles. The Labute approximate surface area is 93.5 Å². The zero-order valence-corrected chi connectivity index (χ0v) is 9.59. The highest BCUT2D eigenvalue weighted by Gasteiger charge is 2.23. The molecule has 15 heavy (non-hydrogen) atoms. The van der Waals surface area contributed by atoms with Gasteiger partial charge in [0.25, 0.3) is 0 Å². The van der Waals surface area contributed by atoms with E-state index in [0.717, 1.165) is 12.2 Å². The number of nitrogens with one attached hydrogen (secondary N) is 1. The fraction of sp³-hybridized carbons (Fsp3) is 0.400. The van der Waals surface area contributed by atoms with Gasteiger partial charge in [0, 0.05) is 26.2 Å². The molecule has 0 amide bonds. The maximum atomic E-state index is 12.8. The normalized spacial score (nSPS) is 24.3. The van der Waals surface area contributed by atoms with Crippen LogP contribution in [0, 0.1) is 5.82 Å². The van der Waals surface area contributed by atoms with E-state index >= 15 is 0 Å². The molecule has 1 saturated heterocycles. The van der Waals surface area contributed by atoms with Crippen LogP contribution in [-0.2, 0) is 0 Å². The van der Waals surface area contributed by atoms with Crippen LogP contribution in [0.25, 0.3) is 0 Å². The van der Waals surface area contributed by atoms with Crippen LogP contribution in [0.3, 0.4) is 0 Å². The third-order valence-electron chi connectivity index (χ3n) is 2.32. The minimum absolute atomic E-state index is 0.145. The highest BCUT2D eigenvalue weighted by atomic mass is 32.2. The Morgan fingerprint density at radius 1 is 1.33 bits per heavy atom. The van der Waals surface area contributed by atoms with Gasteiger partial charge in [0.2, 0.25) is 0 Å². The Hall–Kier alpha value is -0.620. The van der Waals surface area contributed by atoms with E-state index in [1.807, 2.05) is 26.2 Å². The molecule has 1 fully saturated rings. The van der Waals surface area contributed by atoms with E-state index < -0.39 is 0 Å². The summed E-state index contributed by atoms with van der Waals surface area (Å²) >= 11 is 1.66. The quantitative estimate of drug-likeness (QED) is 0.737. The predicted octanol–water partition coefficient (Wildman–Crippen LogP) is 1.81. The molecule has 1 aromatic rings. The molecule has 0 aromatic heterocycles. The van der Waals surface area contributed by atoms with Crippen LogP contribution in [0.2, 0.25) is 0 Å². The molecule has 0 spiro atoms. The molecule has 0 aliphatic carbocycles. The predicted molar refractivity (Wildman–Crippen MR) is 60.3 cm³/mol. The van der Waals surface area contributed by atoms with Crippen LogP contribution in [0.15, 0.2) is 24.3 Å². The monoisotopic (exact) mass is 227 g/mol. The molecule has 1 unspecified atom stereocenters. The van der Waals surface area contributed by atoms with Crippen molar-refractivity contribution < 1.29 is 4.39 Å². The molecule has 82 valence electrons. The van der Waals surface area contributed by atoms with Crippen molar-refractivity contribution in [1.29, 1.82) is 0 Å². The van der Waals surface area contributed by atoms with E-state index in [2.05, 4.69) is 13.9 Å². The number of hydrogen-bond donors (Lipinski definition) is 1. The minimum Gasteiger partial charge on any atom is -0.284 e. The molecule has 1 N–H and O–H groups in total. The Balaban J connectivity index is 2.13. The van der Waals surface area contributed by atoms with Gasteiger partial charge < -0.3 is 0 Å². The third-order valence-corrected chi connectivity index (χ3v) is 3.20. The second-order valence-electron chi connectivity index (χ2n) is 3.57. The lowest BCUT2D eigenvalue weighted by Gasteiger charge is -2.37. The molecule has 1 aliphatic rings. The van der Waals surface area contributed by atoms with Gasteiger partial charge in [-0.2, -0.15) is 0 Å². The number of hydrogen-bond acceptors (Lipinski definition) is 4. The van der Waals surface area contributed by atoms with Crippen molar-refractivity contribution in [2.24, 2.45) is 0 Å². The summed E-state index contributed by atoms with van der Waals surface area (Å²) in [7, 11) is 4.04. The van der Waals surface area contributed by atoms with Crippen LogP contribution in [0.4, 0.5) is 4.39 Å². The SMILES string of the molecule is CN1CNC(c2ccc(F)cc2)N(C)S1. The fourth-order valence-electron chi connectivity index (χ4n) is 1.61. The van der Waals surface area contributed by atoms with E-state index in [0.29, 0.717) is 0 Å². The van der Waals surface area contributed by atoms with Gasteiger partial charge in [-0.1, -0.05) is 12.1 Å². The molecule has 2 rings (SSSR count). The first-order valence-electron chi connectivity index (χ1n) is 4.78. The second kappa shape index (κ2) is 4.49. The van der Waals surface area contributed by atoms with Crippen molar-refractivity contribution in [1.82, 2.24) is 13.9 Å². The smallest absolute Gasteiger partial charge is 0.123 e. The summed E-state index contributed by atoms with van der Waals surface area (Å²) in [5, 5.41) is 3.36. The second-order valence-corrected chi connectivity index (χ2v) is 4.93. The van der Waals surface area contributed by atoms with E-state index in [4.69, 9.17) is 0 Å². The molecular formula is C10H14FN3S. The molecular weight excluding hydrogens is 213 g/mol. The lowest BCUT2D eigenvalue weighted by molar-refractivity contribution is 0.269. The van der Waals surface area contributed by atoms with Crippen LogP contribution in [-0.4, -0.2) is 29.4 Å². The first-order valence-corrected chi connectivity index (χ1v) is 5.51. The molecule has 1 aromatic carbocycles. The summed E-state index contributed by atoms with van der Waals surface area (Å²) in [5.74, 6) is -0.193. The standard InChI is InChI=1S/C10H14FN3S/c1-13-7-12-10(14(2)15-13)8-3-5-9(11)6-4-8/h3-6,10,12H,7H2,1-2H3. The summed E-state index contributed by atoms with van der Waals surface area (Å²) < 4.78 is 17.0. The molecule has 0 radical (unpaired) electrons. The minimum atomic E-state index is -0.193. The molecule has 1 atom stereocenters. The fourth-order valence-corrected chi connectivity index (χ4v) is 2.47. The highest BCUT2D eigenvalue weighted by Crippen LogP contribution is 2.28. The Morgan fingerprint density at radius 2 is 2.00 bits per heavy atom. The maximum Gasteiger partial charge on any atom is 0.123 e. The third kappa shape index (κ3) is 2.49. The van der Waals surface area contributed by atoms with Gasteiger partial charge in [-0.05, 0) is 17.7 Å². The first-order chi connectivity index (χ1) is 7.16. The summed E-state index contributed by atoms with van der Waals surface area (Å²) in [4.78, 5) is 0. The average molecular weight is 227 g/mol. The van der Waals surface area contributed by atoms with Gasteiger partial charge in [-0.15, -0.1) is 0 Å². The van der Waals surface area contributed by atoms with Gasteiger partial charge in [-0.3, -0.25) is 5.32 Å². The van der Waals surface area contributed by atoms with Crippen molar-refractivity contribution in [3.05, 3.63) is 35.6 Å². The van der Waals surface area contributed by atoms with Crippen molar-refractivity contribution in [2.75, 3.05) is 20.8 Å². The Bertz CT molecular complexity index is 330. The zero-order valence-electron chi connectivity index (χ0n) is 8.77. The van der Waals surface area contributed by atoms with Gasteiger partial charge in [0.15, 0.2) is 0 Å². The number of nitrogens with zero attached hydrogens (tertiary/aromatic N) is 2. The van der Waals surface area contributed by atoms with Crippen molar-refractivity contribution in [3.8, 4) is 0 Å². The largest absolute Gasteiger partial charge is 0.284 e. The Kier molecular flexibility index (Phi) is 3.25. The van der Waals surface area contributed by atoms with Crippen molar-refractivity contribution in [3.63, 3.8) is 0 Å². The van der Waals surface area contributed by atoms with Gasteiger partial charge in [-0.25, -0.2) is 13.0 Å². The van der Waals surface area contributed by atoms with Gasteiger partial charge in [0.1, 0.15) is 5.82 Å². The van der Waals surface area contributed by atoms with E-state index in [9.17, 15) is 4.39 Å². The van der Waals surface area contributed by atoms with Crippen molar-refractivity contribution in [2.45, 2.75) is 6.17 Å². The number of benzene rings is 1. The number of halogens is 1. The summed E-state index contributed by atoms with van der Waals surface area (Å²) in [5.41, 5.74) is 1.08. The van der Waals surface area contributed by atoms with E-state index in [-0.39, 0.29) is 12.0 Å². The van der Waals surface area contributed by atoms with Crippen LogP contribution < -0.4 is 5.32 Å². The molecule has 3 nitrogen and oxygen atoms in total. The summed E-state index contributed by atoms with van der Waals surface area (Å²) in [6.45, 7) is 0.817. The zero-order chi connectivity index (χ0) is 10.8. The lowest BCUT2D eigenvalue weighted by Crippen LogP contribution is -2.44. The first kappa shape index (κ1) is 10.9. The molecule has 0 bridgehead atoms. The highest BCUT2D eigenvalue weighted by molar-refractivity contribution is 7.94. The van der Waals surface area contributed by atoms with Crippen molar-refractivity contribution >= 4 is 12.1 Å². The van der Waals surface area contributed by atoms with Crippen LogP contribution in [0.1, 0.15) is 11.7 Å². The topological polar surface area (TPSA) is 18.5 Å². The summed E-state index contributed by atoms with van der Waals surface area (Å²) in [6.07, 6.45) is 0.145. The lowest BCUT2D eigenvalue weighted by atomic mass is 10.1. The average Bonchev–Trinajstić information content (AvgIpc) is 2.20. The van der Waals surface area contributed by atoms with Gasteiger partial charge in [0.05, 0.1) is 12.8 Å². The van der Waals surface area contributed by atoms with Crippen LogP contribution in [0.5, 0.6) is 0 Å².